The smallest absolute Gasteiger partial charge is 0.327 e. The van der Waals surface area contributed by atoms with Crippen LogP contribution in [0.1, 0.15) is 6.92 Å². The molecule has 1 atom stereocenters. The molecule has 0 radical (unpaired) electrons. The van der Waals surface area contributed by atoms with Gasteiger partial charge in [-0.15, -0.1) is 11.6 Å². The highest BCUT2D eigenvalue weighted by molar-refractivity contribution is 9.09. The fraction of sp³-hybridized carbons (Fsp3) is 0.800. The Morgan fingerprint density at radius 1 is 1.89 bits per heavy atom. The van der Waals surface area contributed by atoms with Crippen LogP contribution in [-0.2, 0) is 9.53 Å². The number of hydrogen-bond donors (Lipinski definition) is 0. The van der Waals surface area contributed by atoms with E-state index in [0.717, 1.165) is 0 Å². The molecule has 0 aliphatic heterocycles. The second-order valence-electron chi connectivity index (χ2n) is 1.82. The van der Waals surface area contributed by atoms with Crippen LogP contribution in [0.25, 0.3) is 0 Å². The molecule has 9 heavy (non-hydrogen) atoms. The molecule has 0 saturated heterocycles. The topological polar surface area (TPSA) is 26.3 Å². The van der Waals surface area contributed by atoms with Crippen LogP contribution in [-0.4, -0.2) is 23.3 Å². The number of ether oxygens (including phenoxy) is 1. The van der Waals surface area contributed by atoms with Crippen molar-refractivity contribution < 1.29 is 9.53 Å². The molecule has 0 spiro atoms. The first-order valence-corrected chi connectivity index (χ1v) is 3.88. The van der Waals surface area contributed by atoms with Gasteiger partial charge in [-0.1, -0.05) is 15.9 Å². The Morgan fingerprint density at radius 2 is 2.33 bits per heavy atom. The molecule has 0 bridgehead atoms. The first-order chi connectivity index (χ1) is 4.04. The minimum Gasteiger partial charge on any atom is -0.468 e. The van der Waals surface area contributed by atoms with Crippen molar-refractivity contribution in [3.8, 4) is 0 Å². The number of hydrogen-bond acceptors (Lipinski definition) is 2. The Labute approximate surface area is 67.6 Å². The lowest BCUT2D eigenvalue weighted by molar-refractivity contribution is -0.142. The minimum absolute atomic E-state index is 0.397. The van der Waals surface area contributed by atoms with Gasteiger partial charge >= 0.3 is 5.97 Å². The first kappa shape index (κ1) is 9.24. The summed E-state index contributed by atoms with van der Waals surface area (Å²) in [7, 11) is 1.31. The fourth-order valence-corrected chi connectivity index (χ4v) is 0.573. The fourth-order valence-electron chi connectivity index (χ4n) is 0.267. The zero-order chi connectivity index (χ0) is 7.49. The predicted octanol–water partition coefficient (Wildman–Crippen LogP) is 1.55. The molecule has 0 saturated carbocycles. The molecule has 1 unspecified atom stereocenters. The molecule has 0 aromatic rings. The average molecular weight is 215 g/mol. The van der Waals surface area contributed by atoms with Gasteiger partial charge in [-0.25, -0.2) is 0 Å². The van der Waals surface area contributed by atoms with Crippen LogP contribution in [0.3, 0.4) is 0 Å². The second-order valence-corrected chi connectivity index (χ2v) is 3.22. The van der Waals surface area contributed by atoms with E-state index in [2.05, 4.69) is 20.7 Å². The van der Waals surface area contributed by atoms with Crippen molar-refractivity contribution in [2.45, 2.75) is 11.8 Å². The predicted molar refractivity (Wildman–Crippen MR) is 40.1 cm³/mol. The van der Waals surface area contributed by atoms with Gasteiger partial charge < -0.3 is 4.74 Å². The van der Waals surface area contributed by atoms with Gasteiger partial charge in [0.2, 0.25) is 0 Å². The van der Waals surface area contributed by atoms with Gasteiger partial charge in [0.25, 0.3) is 0 Å². The van der Waals surface area contributed by atoms with Gasteiger partial charge in [0, 0.05) is 5.33 Å². The summed E-state index contributed by atoms with van der Waals surface area (Å²) in [6, 6.07) is 0. The number of esters is 1. The Balaban J connectivity index is 3.97. The van der Waals surface area contributed by atoms with Crippen molar-refractivity contribution in [1.82, 2.24) is 0 Å². The summed E-state index contributed by atoms with van der Waals surface area (Å²) in [5.74, 6) is -0.416. The molecule has 4 heteroatoms. The molecule has 0 N–H and O–H groups in total. The van der Waals surface area contributed by atoms with Crippen molar-refractivity contribution in [3.05, 3.63) is 0 Å². The number of rotatable bonds is 2. The van der Waals surface area contributed by atoms with E-state index in [9.17, 15) is 4.79 Å². The van der Waals surface area contributed by atoms with Crippen molar-refractivity contribution in [2.24, 2.45) is 0 Å². The summed E-state index contributed by atoms with van der Waals surface area (Å²) in [6.07, 6.45) is 0. The van der Waals surface area contributed by atoms with Crippen LogP contribution in [0.4, 0.5) is 0 Å². The summed E-state index contributed by atoms with van der Waals surface area (Å²) in [6.45, 7) is 1.59. The Bertz CT molecular complexity index is 114. The van der Waals surface area contributed by atoms with Crippen LogP contribution in [0.2, 0.25) is 0 Å². The molecule has 0 amide bonds. The van der Waals surface area contributed by atoms with Gasteiger partial charge in [0.05, 0.1) is 7.11 Å². The van der Waals surface area contributed by atoms with E-state index in [4.69, 9.17) is 11.6 Å². The lowest BCUT2D eigenvalue weighted by atomic mass is 10.2. The van der Waals surface area contributed by atoms with Gasteiger partial charge in [-0.2, -0.15) is 0 Å². The van der Waals surface area contributed by atoms with Crippen molar-refractivity contribution in [1.29, 1.82) is 0 Å². The standard InChI is InChI=1S/C5H8BrClO2/c1-5(7,3-6)4(8)9-2/h3H2,1-2H3. The van der Waals surface area contributed by atoms with Crippen LogP contribution < -0.4 is 0 Å². The second kappa shape index (κ2) is 3.42. The van der Waals surface area contributed by atoms with E-state index in [-0.39, 0.29) is 0 Å². The van der Waals surface area contributed by atoms with Crippen molar-refractivity contribution >= 4 is 33.5 Å². The lowest BCUT2D eigenvalue weighted by Crippen LogP contribution is -2.31. The van der Waals surface area contributed by atoms with Crippen LogP contribution in [0.15, 0.2) is 0 Å². The molecule has 0 aromatic heterocycles. The third-order valence-corrected chi connectivity index (χ3v) is 2.59. The molecule has 0 heterocycles. The summed E-state index contributed by atoms with van der Waals surface area (Å²) < 4.78 is 4.40. The van der Waals surface area contributed by atoms with E-state index in [1.54, 1.807) is 6.92 Å². The molecule has 2 nitrogen and oxygen atoms in total. The molecule has 0 aliphatic rings. The SMILES string of the molecule is COC(=O)C(C)(Cl)CBr. The number of alkyl halides is 2. The zero-order valence-corrected chi connectivity index (χ0v) is 7.62. The molecule has 0 aromatic carbocycles. The molecular formula is C5H8BrClO2. The molecule has 0 rings (SSSR count). The number of carbonyl (C=O) groups excluding carboxylic acids is 1. The molecule has 54 valence electrons. The van der Waals surface area contributed by atoms with Crippen molar-refractivity contribution in [3.63, 3.8) is 0 Å². The average Bonchev–Trinajstić information content (AvgIpc) is 1.86. The van der Waals surface area contributed by atoms with E-state index in [1.807, 2.05) is 0 Å². The highest BCUT2D eigenvalue weighted by Crippen LogP contribution is 2.18. The maximum absolute atomic E-state index is 10.7. The summed E-state index contributed by atoms with van der Waals surface area (Å²) >= 11 is 8.73. The lowest BCUT2D eigenvalue weighted by Gasteiger charge is -2.14. The maximum atomic E-state index is 10.7. The quantitative estimate of drug-likeness (QED) is 0.516. The molecule has 0 fully saturated rings. The van der Waals surface area contributed by atoms with Crippen LogP contribution >= 0.6 is 27.5 Å². The number of methoxy groups -OCH3 is 1. The number of halogens is 2. The normalized spacial score (nSPS) is 16.4. The zero-order valence-electron chi connectivity index (χ0n) is 5.28. The summed E-state index contributed by atoms with van der Waals surface area (Å²) in [4.78, 5) is 9.76. The Hall–Kier alpha value is 0.240. The van der Waals surface area contributed by atoms with Gasteiger partial charge in [0.1, 0.15) is 4.87 Å². The van der Waals surface area contributed by atoms with E-state index < -0.39 is 10.8 Å². The van der Waals surface area contributed by atoms with E-state index >= 15 is 0 Å². The highest BCUT2D eigenvalue weighted by Gasteiger charge is 2.29. The Morgan fingerprint density at radius 3 is 2.44 bits per heavy atom. The van der Waals surface area contributed by atoms with Crippen LogP contribution in [0.5, 0.6) is 0 Å². The largest absolute Gasteiger partial charge is 0.468 e. The third kappa shape index (κ3) is 2.54. The minimum atomic E-state index is -0.922. The molecule has 0 aliphatic carbocycles. The van der Waals surface area contributed by atoms with Gasteiger partial charge in [0.15, 0.2) is 0 Å². The number of carbonyl (C=O) groups is 1. The summed E-state index contributed by atoms with van der Waals surface area (Å²) in [5, 5.41) is 0.397. The highest BCUT2D eigenvalue weighted by atomic mass is 79.9. The first-order valence-electron chi connectivity index (χ1n) is 2.38. The summed E-state index contributed by atoms with van der Waals surface area (Å²) in [5.41, 5.74) is 0. The van der Waals surface area contributed by atoms with E-state index in [1.165, 1.54) is 7.11 Å². The van der Waals surface area contributed by atoms with Gasteiger partial charge in [-0.05, 0) is 6.92 Å². The molecular weight excluding hydrogens is 207 g/mol. The van der Waals surface area contributed by atoms with Gasteiger partial charge in [-0.3, -0.25) is 4.79 Å². The maximum Gasteiger partial charge on any atom is 0.327 e. The van der Waals surface area contributed by atoms with Crippen molar-refractivity contribution in [2.75, 3.05) is 12.4 Å². The monoisotopic (exact) mass is 214 g/mol. The Kier molecular flexibility index (Phi) is 3.51. The van der Waals surface area contributed by atoms with Crippen LogP contribution in [0, 0.1) is 0 Å². The van der Waals surface area contributed by atoms with E-state index in [0.29, 0.717) is 5.33 Å². The third-order valence-electron chi connectivity index (χ3n) is 0.862.